The van der Waals surface area contributed by atoms with Crippen LogP contribution in [-0.4, -0.2) is 9.78 Å². The summed E-state index contributed by atoms with van der Waals surface area (Å²) in [5.74, 6) is 0. The molecule has 87 valence electrons. The van der Waals surface area contributed by atoms with Crippen molar-refractivity contribution in [1.82, 2.24) is 9.78 Å². The maximum Gasteiger partial charge on any atom is 0.0659 e. The van der Waals surface area contributed by atoms with Crippen molar-refractivity contribution in [3.63, 3.8) is 0 Å². The van der Waals surface area contributed by atoms with E-state index in [4.69, 9.17) is 0 Å². The Morgan fingerprint density at radius 2 is 1.61 bits per heavy atom. The molecule has 0 saturated heterocycles. The van der Waals surface area contributed by atoms with Gasteiger partial charge in [-0.15, -0.1) is 0 Å². The van der Waals surface area contributed by atoms with E-state index in [1.165, 1.54) is 16.7 Å². The van der Waals surface area contributed by atoms with Gasteiger partial charge < -0.3 is 0 Å². The second kappa shape index (κ2) is 4.88. The Hall–Kier alpha value is -2.35. The van der Waals surface area contributed by atoms with Crippen LogP contribution in [0.1, 0.15) is 5.56 Å². The minimum Gasteiger partial charge on any atom is -0.268 e. The summed E-state index contributed by atoms with van der Waals surface area (Å²) < 4.78 is 1.87. The van der Waals surface area contributed by atoms with E-state index < -0.39 is 0 Å². The molecule has 1 aromatic heterocycles. The molecule has 0 unspecified atom stereocenters. The van der Waals surface area contributed by atoms with Crippen molar-refractivity contribution < 1.29 is 0 Å². The van der Waals surface area contributed by atoms with Crippen molar-refractivity contribution in [3.8, 4) is 11.1 Å². The van der Waals surface area contributed by atoms with Gasteiger partial charge in [-0.3, -0.25) is 4.68 Å². The molecule has 0 saturated carbocycles. The van der Waals surface area contributed by atoms with Crippen LogP contribution in [0.25, 0.3) is 11.1 Å². The molecule has 3 aromatic rings. The van der Waals surface area contributed by atoms with Crippen molar-refractivity contribution in [3.05, 3.63) is 78.6 Å². The summed E-state index contributed by atoms with van der Waals surface area (Å²) in [6.45, 7) is 0.790. The molecule has 2 heteroatoms. The molecule has 0 aliphatic heterocycles. The van der Waals surface area contributed by atoms with E-state index in [9.17, 15) is 0 Å². The van der Waals surface area contributed by atoms with Crippen LogP contribution in [0.15, 0.2) is 67.0 Å². The average Bonchev–Trinajstić information content (AvgIpc) is 2.94. The molecule has 0 aliphatic rings. The van der Waals surface area contributed by atoms with Gasteiger partial charge in [-0.1, -0.05) is 54.6 Å². The number of rotatable bonds is 3. The Balaban J connectivity index is 1.81. The lowest BCUT2D eigenvalue weighted by Crippen LogP contribution is -1.99. The summed E-state index contributed by atoms with van der Waals surface area (Å²) in [6.07, 6.45) is 3.53. The van der Waals surface area contributed by atoms with Gasteiger partial charge in [0.2, 0.25) is 0 Å². The Kier molecular flexibility index (Phi) is 2.92. The highest BCUT2D eigenvalue weighted by Crippen LogP contribution is 2.19. The van der Waals surface area contributed by atoms with Gasteiger partial charge in [-0.05, 0) is 16.7 Å². The molecular formula is C16H13N2. The Labute approximate surface area is 107 Å². The molecule has 0 N–H and O–H groups in total. The van der Waals surface area contributed by atoms with Crippen LogP contribution in [0.3, 0.4) is 0 Å². The number of benzene rings is 2. The maximum absolute atomic E-state index is 4.15. The Morgan fingerprint density at radius 1 is 0.889 bits per heavy atom. The third kappa shape index (κ3) is 2.33. The van der Waals surface area contributed by atoms with E-state index in [-0.39, 0.29) is 0 Å². The van der Waals surface area contributed by atoms with Gasteiger partial charge in [0.05, 0.1) is 12.7 Å². The van der Waals surface area contributed by atoms with E-state index in [1.54, 1.807) is 6.20 Å². The van der Waals surface area contributed by atoms with Crippen molar-refractivity contribution in [1.29, 1.82) is 0 Å². The minimum absolute atomic E-state index is 0.790. The first-order chi connectivity index (χ1) is 8.92. The van der Waals surface area contributed by atoms with Gasteiger partial charge in [-0.2, -0.15) is 5.10 Å². The zero-order valence-electron chi connectivity index (χ0n) is 9.95. The summed E-state index contributed by atoms with van der Waals surface area (Å²) in [6, 6.07) is 21.9. The Bertz CT molecular complexity index is 595. The molecule has 0 aliphatic carbocycles. The first-order valence-electron chi connectivity index (χ1n) is 5.95. The standard InChI is InChI=1S/C16H13N2/c1-2-5-15(6-3-1)16-9-7-14(8-10-16)13-18-12-4-11-17-18/h1-3,5-12H,13H2. The molecule has 0 spiro atoms. The lowest BCUT2D eigenvalue weighted by Gasteiger charge is -2.04. The van der Waals surface area contributed by atoms with Crippen LogP contribution < -0.4 is 0 Å². The normalized spacial score (nSPS) is 10.4. The van der Waals surface area contributed by atoms with Crippen LogP contribution in [-0.2, 0) is 6.54 Å². The van der Waals surface area contributed by atoms with Gasteiger partial charge >= 0.3 is 0 Å². The highest BCUT2D eigenvalue weighted by molar-refractivity contribution is 5.63. The maximum atomic E-state index is 4.15. The number of hydrogen-bond donors (Lipinski definition) is 0. The molecule has 2 aromatic carbocycles. The quantitative estimate of drug-likeness (QED) is 0.678. The highest BCUT2D eigenvalue weighted by Gasteiger charge is 1.98. The second-order valence-corrected chi connectivity index (χ2v) is 4.20. The highest BCUT2D eigenvalue weighted by atomic mass is 15.3. The summed E-state index contributed by atoms with van der Waals surface area (Å²) in [4.78, 5) is 0. The van der Waals surface area contributed by atoms with Crippen molar-refractivity contribution in [2.24, 2.45) is 0 Å². The predicted octanol–water partition coefficient (Wildman–Crippen LogP) is 3.40. The van der Waals surface area contributed by atoms with E-state index >= 15 is 0 Å². The van der Waals surface area contributed by atoms with E-state index in [2.05, 4.69) is 59.7 Å². The summed E-state index contributed by atoms with van der Waals surface area (Å²) in [5.41, 5.74) is 3.73. The lowest BCUT2D eigenvalue weighted by atomic mass is 10.0. The summed E-state index contributed by atoms with van der Waals surface area (Å²) in [7, 11) is 0. The monoisotopic (exact) mass is 233 g/mol. The minimum atomic E-state index is 0.790. The number of aromatic nitrogens is 2. The smallest absolute Gasteiger partial charge is 0.0659 e. The van der Waals surface area contributed by atoms with Gasteiger partial charge in [0, 0.05) is 12.3 Å². The van der Waals surface area contributed by atoms with Crippen LogP contribution in [0, 0.1) is 6.07 Å². The zero-order valence-corrected chi connectivity index (χ0v) is 9.95. The molecule has 18 heavy (non-hydrogen) atoms. The van der Waals surface area contributed by atoms with Crippen molar-refractivity contribution in [2.45, 2.75) is 6.54 Å². The largest absolute Gasteiger partial charge is 0.268 e. The van der Waals surface area contributed by atoms with Gasteiger partial charge in [-0.25, -0.2) is 0 Å². The molecule has 1 radical (unpaired) electrons. The predicted molar refractivity (Wildman–Crippen MR) is 72.0 cm³/mol. The van der Waals surface area contributed by atoms with E-state index in [0.29, 0.717) is 0 Å². The number of hydrogen-bond acceptors (Lipinski definition) is 1. The summed E-state index contributed by atoms with van der Waals surface area (Å²) >= 11 is 0. The molecule has 0 amide bonds. The van der Waals surface area contributed by atoms with Crippen LogP contribution >= 0.6 is 0 Å². The average molecular weight is 233 g/mol. The first-order valence-corrected chi connectivity index (χ1v) is 5.95. The van der Waals surface area contributed by atoms with Gasteiger partial charge in [0.1, 0.15) is 0 Å². The molecule has 1 heterocycles. The molecule has 2 nitrogen and oxygen atoms in total. The first kappa shape index (κ1) is 10.8. The molecule has 0 bridgehead atoms. The molecular weight excluding hydrogens is 220 g/mol. The fraction of sp³-hybridized carbons (Fsp3) is 0.0625. The van der Waals surface area contributed by atoms with Crippen LogP contribution in [0.5, 0.6) is 0 Å². The third-order valence-electron chi connectivity index (χ3n) is 2.91. The van der Waals surface area contributed by atoms with Crippen molar-refractivity contribution in [2.75, 3.05) is 0 Å². The fourth-order valence-corrected chi connectivity index (χ4v) is 1.97. The third-order valence-corrected chi connectivity index (χ3v) is 2.91. The SMILES string of the molecule is [c]1cnn(Cc2ccc(-c3ccccc3)cc2)c1. The van der Waals surface area contributed by atoms with E-state index in [1.807, 2.05) is 16.9 Å². The van der Waals surface area contributed by atoms with E-state index in [0.717, 1.165) is 6.54 Å². The second-order valence-electron chi connectivity index (χ2n) is 4.20. The van der Waals surface area contributed by atoms with Gasteiger partial charge in [0.25, 0.3) is 0 Å². The topological polar surface area (TPSA) is 17.8 Å². The van der Waals surface area contributed by atoms with Crippen LogP contribution in [0.2, 0.25) is 0 Å². The summed E-state index contributed by atoms with van der Waals surface area (Å²) in [5, 5.41) is 4.15. The van der Waals surface area contributed by atoms with Crippen molar-refractivity contribution >= 4 is 0 Å². The molecule has 3 rings (SSSR count). The number of nitrogens with zero attached hydrogens (tertiary/aromatic N) is 2. The fourth-order valence-electron chi connectivity index (χ4n) is 1.97. The molecule has 0 fully saturated rings. The van der Waals surface area contributed by atoms with Crippen LogP contribution in [0.4, 0.5) is 0 Å². The molecule has 0 atom stereocenters. The van der Waals surface area contributed by atoms with Gasteiger partial charge in [0.15, 0.2) is 0 Å². The zero-order chi connectivity index (χ0) is 12.2. The Morgan fingerprint density at radius 3 is 2.28 bits per heavy atom. The lowest BCUT2D eigenvalue weighted by molar-refractivity contribution is 0.687.